The number of methoxy groups -OCH3 is 1. The summed E-state index contributed by atoms with van der Waals surface area (Å²) in [5.41, 5.74) is 1.01. The molecule has 0 saturated heterocycles. The van der Waals surface area contributed by atoms with Crippen molar-refractivity contribution in [2.45, 2.75) is 18.2 Å². The van der Waals surface area contributed by atoms with Crippen LogP contribution in [0.5, 0.6) is 5.88 Å². The largest absolute Gasteiger partial charge is 0.481 e. The first kappa shape index (κ1) is 10.6. The topological polar surface area (TPSA) is 34.1 Å². The van der Waals surface area contributed by atoms with Crippen LogP contribution < -0.4 is 10.1 Å². The Labute approximate surface area is 94.8 Å². The predicted molar refractivity (Wildman–Crippen MR) is 61.6 cm³/mol. The van der Waals surface area contributed by atoms with Gasteiger partial charge < -0.3 is 10.1 Å². The molecule has 1 heterocycles. The van der Waals surface area contributed by atoms with Gasteiger partial charge in [-0.05, 0) is 24.8 Å². The van der Waals surface area contributed by atoms with Gasteiger partial charge in [-0.25, -0.2) is 4.98 Å². The molecule has 0 aliphatic heterocycles. The highest BCUT2D eigenvalue weighted by molar-refractivity contribution is 6.21. The molecule has 0 bridgehead atoms. The van der Waals surface area contributed by atoms with E-state index in [9.17, 15) is 0 Å². The fourth-order valence-electron chi connectivity index (χ4n) is 1.47. The van der Waals surface area contributed by atoms with E-state index in [-0.39, 0.29) is 5.38 Å². The van der Waals surface area contributed by atoms with E-state index in [2.05, 4.69) is 10.3 Å². The lowest BCUT2D eigenvalue weighted by atomic mass is 10.3. The second kappa shape index (κ2) is 4.71. The van der Waals surface area contributed by atoms with Crippen LogP contribution in [0.1, 0.15) is 12.8 Å². The molecule has 82 valence electrons. The number of nitrogens with zero attached hydrogens (tertiary/aromatic N) is 1. The molecule has 0 spiro atoms. The van der Waals surface area contributed by atoms with E-state index in [1.165, 1.54) is 12.8 Å². The quantitative estimate of drug-likeness (QED) is 0.784. The molecule has 1 atom stereocenters. The second-order valence-electron chi connectivity index (χ2n) is 3.82. The van der Waals surface area contributed by atoms with Gasteiger partial charge in [0.1, 0.15) is 0 Å². The first-order valence-electron chi connectivity index (χ1n) is 5.17. The number of hydrogen-bond donors (Lipinski definition) is 1. The summed E-state index contributed by atoms with van der Waals surface area (Å²) in [5, 5.41) is 3.53. The van der Waals surface area contributed by atoms with Crippen molar-refractivity contribution in [3.05, 3.63) is 18.3 Å². The van der Waals surface area contributed by atoms with Crippen LogP contribution in [0.25, 0.3) is 0 Å². The van der Waals surface area contributed by atoms with Gasteiger partial charge in [0.05, 0.1) is 12.5 Å². The zero-order valence-corrected chi connectivity index (χ0v) is 9.50. The Bertz CT molecular complexity index is 328. The molecule has 4 heteroatoms. The molecule has 0 radical (unpaired) electrons. The van der Waals surface area contributed by atoms with Crippen LogP contribution in [0.4, 0.5) is 5.69 Å². The van der Waals surface area contributed by atoms with Crippen LogP contribution in [0, 0.1) is 5.92 Å². The SMILES string of the molecule is COc1cc(NCC(Cl)C2CC2)ccn1. The van der Waals surface area contributed by atoms with Gasteiger partial charge in [0, 0.05) is 24.5 Å². The Hall–Kier alpha value is -0.960. The molecule has 1 aromatic rings. The van der Waals surface area contributed by atoms with Gasteiger partial charge >= 0.3 is 0 Å². The Balaban J connectivity index is 1.86. The summed E-state index contributed by atoms with van der Waals surface area (Å²) in [6, 6.07) is 3.79. The van der Waals surface area contributed by atoms with Crippen molar-refractivity contribution in [3.63, 3.8) is 0 Å². The average Bonchev–Trinajstić information content (AvgIpc) is 3.10. The Kier molecular flexibility index (Phi) is 3.31. The molecule has 15 heavy (non-hydrogen) atoms. The van der Waals surface area contributed by atoms with Gasteiger partial charge in [0.25, 0.3) is 0 Å². The summed E-state index contributed by atoms with van der Waals surface area (Å²) in [6.07, 6.45) is 4.27. The first-order chi connectivity index (χ1) is 7.29. The van der Waals surface area contributed by atoms with Crippen LogP contribution in [-0.2, 0) is 0 Å². The number of ether oxygens (including phenoxy) is 1. The third-order valence-corrected chi connectivity index (χ3v) is 3.09. The van der Waals surface area contributed by atoms with E-state index in [4.69, 9.17) is 16.3 Å². The van der Waals surface area contributed by atoms with Crippen LogP contribution in [0.3, 0.4) is 0 Å². The standard InChI is InChI=1S/C11H15ClN2O/c1-15-11-6-9(4-5-13-11)14-7-10(12)8-2-3-8/h4-6,8,10H,2-3,7H2,1H3,(H,13,14). The molecule has 0 amide bonds. The molecule has 3 nitrogen and oxygen atoms in total. The van der Waals surface area contributed by atoms with E-state index < -0.39 is 0 Å². The molecule has 1 aliphatic rings. The van der Waals surface area contributed by atoms with E-state index in [1.807, 2.05) is 12.1 Å². The summed E-state index contributed by atoms with van der Waals surface area (Å²) < 4.78 is 5.04. The number of rotatable bonds is 5. The third kappa shape index (κ3) is 2.99. The van der Waals surface area contributed by atoms with Gasteiger partial charge in [-0.2, -0.15) is 0 Å². The maximum absolute atomic E-state index is 6.19. The Morgan fingerprint density at radius 2 is 2.47 bits per heavy atom. The van der Waals surface area contributed by atoms with Crippen molar-refractivity contribution >= 4 is 17.3 Å². The number of aromatic nitrogens is 1. The molecular formula is C11H15ClN2O. The summed E-state index contributed by atoms with van der Waals surface area (Å²) in [5.74, 6) is 1.33. The van der Waals surface area contributed by atoms with Gasteiger partial charge in [-0.15, -0.1) is 11.6 Å². The van der Waals surface area contributed by atoms with Gasteiger partial charge in [-0.3, -0.25) is 0 Å². The summed E-state index contributed by atoms with van der Waals surface area (Å²) in [6.45, 7) is 0.805. The van der Waals surface area contributed by atoms with Crippen molar-refractivity contribution in [2.75, 3.05) is 19.0 Å². The van der Waals surface area contributed by atoms with Gasteiger partial charge in [-0.1, -0.05) is 0 Å². The average molecular weight is 227 g/mol. The fourth-order valence-corrected chi connectivity index (χ4v) is 1.80. The predicted octanol–water partition coefficient (Wildman–Crippen LogP) is 2.52. The van der Waals surface area contributed by atoms with E-state index in [0.717, 1.165) is 12.2 Å². The normalized spacial score (nSPS) is 17.2. The first-order valence-corrected chi connectivity index (χ1v) is 5.61. The maximum atomic E-state index is 6.19. The summed E-state index contributed by atoms with van der Waals surface area (Å²) >= 11 is 6.19. The monoisotopic (exact) mass is 226 g/mol. The van der Waals surface area contributed by atoms with E-state index >= 15 is 0 Å². The van der Waals surface area contributed by atoms with Crippen molar-refractivity contribution in [1.82, 2.24) is 4.98 Å². The van der Waals surface area contributed by atoms with Crippen LogP contribution in [0.2, 0.25) is 0 Å². The fraction of sp³-hybridized carbons (Fsp3) is 0.545. The highest BCUT2D eigenvalue weighted by Gasteiger charge is 2.29. The maximum Gasteiger partial charge on any atom is 0.214 e. The van der Waals surface area contributed by atoms with E-state index in [1.54, 1.807) is 13.3 Å². The van der Waals surface area contributed by atoms with Crippen molar-refractivity contribution in [1.29, 1.82) is 0 Å². The van der Waals surface area contributed by atoms with Gasteiger partial charge in [0.2, 0.25) is 5.88 Å². The second-order valence-corrected chi connectivity index (χ2v) is 4.38. The lowest BCUT2D eigenvalue weighted by Crippen LogP contribution is -2.15. The number of alkyl halides is 1. The third-order valence-electron chi connectivity index (χ3n) is 2.58. The van der Waals surface area contributed by atoms with Crippen molar-refractivity contribution in [3.8, 4) is 5.88 Å². The van der Waals surface area contributed by atoms with Crippen LogP contribution in [-0.4, -0.2) is 24.0 Å². The minimum Gasteiger partial charge on any atom is -0.481 e. The molecule has 1 aromatic heterocycles. The lowest BCUT2D eigenvalue weighted by molar-refractivity contribution is 0.398. The molecule has 1 N–H and O–H groups in total. The lowest BCUT2D eigenvalue weighted by Gasteiger charge is -2.11. The molecule has 1 unspecified atom stereocenters. The highest BCUT2D eigenvalue weighted by Crippen LogP contribution is 2.35. The summed E-state index contributed by atoms with van der Waals surface area (Å²) in [7, 11) is 1.61. The molecule has 1 saturated carbocycles. The number of nitrogens with one attached hydrogen (secondary N) is 1. The molecule has 1 fully saturated rings. The van der Waals surface area contributed by atoms with Gasteiger partial charge in [0.15, 0.2) is 0 Å². The zero-order valence-electron chi connectivity index (χ0n) is 8.74. The smallest absolute Gasteiger partial charge is 0.214 e. The Morgan fingerprint density at radius 3 is 3.13 bits per heavy atom. The number of hydrogen-bond acceptors (Lipinski definition) is 3. The van der Waals surface area contributed by atoms with Crippen LogP contribution >= 0.6 is 11.6 Å². The Morgan fingerprint density at radius 1 is 1.67 bits per heavy atom. The summed E-state index contributed by atoms with van der Waals surface area (Å²) in [4.78, 5) is 4.04. The highest BCUT2D eigenvalue weighted by atomic mass is 35.5. The number of anilines is 1. The molecule has 2 rings (SSSR count). The van der Waals surface area contributed by atoms with E-state index in [0.29, 0.717) is 11.8 Å². The minimum atomic E-state index is 0.240. The molecule has 1 aliphatic carbocycles. The van der Waals surface area contributed by atoms with Crippen molar-refractivity contribution in [2.24, 2.45) is 5.92 Å². The van der Waals surface area contributed by atoms with Crippen LogP contribution in [0.15, 0.2) is 18.3 Å². The molecular weight excluding hydrogens is 212 g/mol. The number of pyridine rings is 1. The minimum absolute atomic E-state index is 0.240. The van der Waals surface area contributed by atoms with Crippen molar-refractivity contribution < 1.29 is 4.74 Å². The zero-order chi connectivity index (χ0) is 10.7. The number of halogens is 1. The molecule has 0 aromatic carbocycles.